The third kappa shape index (κ3) is 3.20. The van der Waals surface area contributed by atoms with Gasteiger partial charge >= 0.3 is 6.18 Å². The van der Waals surface area contributed by atoms with E-state index >= 15 is 0 Å². The Morgan fingerprint density at radius 1 is 1.00 bits per heavy atom. The highest BCUT2D eigenvalue weighted by Gasteiger charge is 2.30. The molecule has 0 aromatic heterocycles. The summed E-state index contributed by atoms with van der Waals surface area (Å²) < 4.78 is 38.3. The summed E-state index contributed by atoms with van der Waals surface area (Å²) in [4.78, 5) is 0. The number of rotatable bonds is 2. The van der Waals surface area contributed by atoms with Crippen molar-refractivity contribution in [3.8, 4) is 0 Å². The monoisotopic (exact) mass is 330 g/mol. The van der Waals surface area contributed by atoms with Gasteiger partial charge in [-0.05, 0) is 46.3 Å². The average molecular weight is 331 g/mol. The van der Waals surface area contributed by atoms with Crippen molar-refractivity contribution >= 4 is 33.0 Å². The topological polar surface area (TPSA) is 38.0 Å². The van der Waals surface area contributed by atoms with E-state index in [9.17, 15) is 13.2 Å². The van der Waals surface area contributed by atoms with Crippen LogP contribution in [0.2, 0.25) is 0 Å². The zero-order chi connectivity index (χ0) is 14.0. The van der Waals surface area contributed by atoms with Crippen molar-refractivity contribution in [1.29, 1.82) is 0 Å². The fourth-order valence-electron chi connectivity index (χ4n) is 1.56. The summed E-state index contributed by atoms with van der Waals surface area (Å²) in [5, 5.41) is 2.98. The van der Waals surface area contributed by atoms with E-state index in [-0.39, 0.29) is 5.69 Å². The average Bonchev–Trinajstić information content (AvgIpc) is 2.33. The fraction of sp³-hybridized carbons (Fsp3) is 0.0769. The molecule has 0 bridgehead atoms. The zero-order valence-corrected chi connectivity index (χ0v) is 11.2. The van der Waals surface area contributed by atoms with Crippen LogP contribution >= 0.6 is 15.9 Å². The highest BCUT2D eigenvalue weighted by atomic mass is 79.9. The normalized spacial score (nSPS) is 11.4. The number of para-hydroxylation sites is 1. The van der Waals surface area contributed by atoms with Crippen LogP contribution in [0.25, 0.3) is 0 Å². The van der Waals surface area contributed by atoms with Crippen LogP contribution in [0.1, 0.15) is 5.56 Å². The molecule has 0 radical (unpaired) electrons. The molecule has 2 aromatic rings. The van der Waals surface area contributed by atoms with Crippen molar-refractivity contribution in [3.63, 3.8) is 0 Å². The molecule has 0 saturated heterocycles. The Morgan fingerprint density at radius 3 is 2.26 bits per heavy atom. The highest BCUT2D eigenvalue weighted by molar-refractivity contribution is 9.10. The summed E-state index contributed by atoms with van der Waals surface area (Å²) in [5.41, 5.74) is 6.08. The van der Waals surface area contributed by atoms with Gasteiger partial charge in [0.05, 0.1) is 22.6 Å². The second kappa shape index (κ2) is 5.13. The Bertz CT molecular complexity index is 597. The molecule has 6 heteroatoms. The molecule has 2 rings (SSSR count). The summed E-state index contributed by atoms with van der Waals surface area (Å²) >= 11 is 3.34. The minimum atomic E-state index is -4.39. The van der Waals surface area contributed by atoms with E-state index in [1.165, 1.54) is 6.07 Å². The minimum Gasteiger partial charge on any atom is -0.397 e. The van der Waals surface area contributed by atoms with Gasteiger partial charge in [-0.3, -0.25) is 0 Å². The van der Waals surface area contributed by atoms with Crippen LogP contribution in [0.5, 0.6) is 0 Å². The molecule has 0 atom stereocenters. The van der Waals surface area contributed by atoms with Crippen LogP contribution in [-0.2, 0) is 6.18 Å². The summed E-state index contributed by atoms with van der Waals surface area (Å²) in [5.74, 6) is 0. The van der Waals surface area contributed by atoms with E-state index in [2.05, 4.69) is 21.2 Å². The first-order chi connectivity index (χ1) is 8.88. The number of alkyl halides is 3. The summed E-state index contributed by atoms with van der Waals surface area (Å²) in [6, 6.07) is 10.5. The standard InChI is InChI=1S/C13H10BrF3N2/c14-9-3-1-2-4-11(9)19-12-6-5-8(7-10(12)18)13(15,16)17/h1-7,19H,18H2. The molecular weight excluding hydrogens is 321 g/mol. The van der Waals surface area contributed by atoms with Crippen molar-refractivity contribution in [2.45, 2.75) is 6.18 Å². The number of benzene rings is 2. The van der Waals surface area contributed by atoms with Crippen molar-refractivity contribution < 1.29 is 13.2 Å². The Labute approximate surface area is 116 Å². The highest BCUT2D eigenvalue weighted by Crippen LogP contribution is 2.34. The molecule has 0 fully saturated rings. The van der Waals surface area contributed by atoms with Gasteiger partial charge in [-0.1, -0.05) is 12.1 Å². The van der Waals surface area contributed by atoms with Gasteiger partial charge in [-0.25, -0.2) is 0 Å². The Hall–Kier alpha value is -1.69. The quantitative estimate of drug-likeness (QED) is 0.776. The summed E-state index contributed by atoms with van der Waals surface area (Å²) in [6.45, 7) is 0. The molecule has 2 aromatic carbocycles. The maximum Gasteiger partial charge on any atom is 0.416 e. The molecule has 19 heavy (non-hydrogen) atoms. The molecule has 0 aliphatic heterocycles. The third-order valence-electron chi connectivity index (χ3n) is 2.52. The van der Waals surface area contributed by atoms with Gasteiger partial charge < -0.3 is 11.1 Å². The first-order valence-corrected chi connectivity index (χ1v) is 6.15. The largest absolute Gasteiger partial charge is 0.416 e. The van der Waals surface area contributed by atoms with E-state index < -0.39 is 11.7 Å². The Kier molecular flexibility index (Phi) is 3.71. The number of hydrogen-bond acceptors (Lipinski definition) is 2. The summed E-state index contributed by atoms with van der Waals surface area (Å²) in [6.07, 6.45) is -4.39. The number of nitrogen functional groups attached to an aromatic ring is 1. The van der Waals surface area contributed by atoms with Crippen LogP contribution in [0.15, 0.2) is 46.9 Å². The Balaban J connectivity index is 2.30. The maximum atomic E-state index is 12.5. The lowest BCUT2D eigenvalue weighted by atomic mass is 10.1. The number of nitrogens with two attached hydrogens (primary N) is 1. The molecule has 0 aliphatic carbocycles. The SMILES string of the molecule is Nc1cc(C(F)(F)F)ccc1Nc1ccccc1Br. The van der Waals surface area contributed by atoms with E-state index in [4.69, 9.17) is 5.73 Å². The minimum absolute atomic E-state index is 0.0468. The van der Waals surface area contributed by atoms with Crippen LogP contribution in [0, 0.1) is 0 Å². The predicted octanol–water partition coefficient (Wildman–Crippen LogP) is 4.79. The number of halogens is 4. The van der Waals surface area contributed by atoms with E-state index in [0.717, 1.165) is 22.3 Å². The van der Waals surface area contributed by atoms with E-state index in [1.54, 1.807) is 6.07 Å². The smallest absolute Gasteiger partial charge is 0.397 e. The lowest BCUT2D eigenvalue weighted by Crippen LogP contribution is -2.06. The number of nitrogens with one attached hydrogen (secondary N) is 1. The van der Waals surface area contributed by atoms with Crippen LogP contribution < -0.4 is 11.1 Å². The van der Waals surface area contributed by atoms with Crippen molar-refractivity contribution in [3.05, 3.63) is 52.5 Å². The lowest BCUT2D eigenvalue weighted by molar-refractivity contribution is -0.137. The number of anilines is 3. The molecule has 0 heterocycles. The maximum absolute atomic E-state index is 12.5. The van der Waals surface area contributed by atoms with Crippen LogP contribution in [-0.4, -0.2) is 0 Å². The summed E-state index contributed by atoms with van der Waals surface area (Å²) in [7, 11) is 0. The second-order valence-corrected chi connectivity index (χ2v) is 4.76. The van der Waals surface area contributed by atoms with Crippen LogP contribution in [0.3, 0.4) is 0 Å². The van der Waals surface area contributed by atoms with Gasteiger partial charge in [-0.15, -0.1) is 0 Å². The van der Waals surface area contributed by atoms with Gasteiger partial charge in [0.2, 0.25) is 0 Å². The van der Waals surface area contributed by atoms with Gasteiger partial charge in [0.1, 0.15) is 0 Å². The van der Waals surface area contributed by atoms with E-state index in [1.807, 2.05) is 18.2 Å². The predicted molar refractivity (Wildman–Crippen MR) is 73.3 cm³/mol. The fourth-order valence-corrected chi connectivity index (χ4v) is 1.94. The first kappa shape index (κ1) is 13.7. The second-order valence-electron chi connectivity index (χ2n) is 3.90. The zero-order valence-electron chi connectivity index (χ0n) is 9.63. The molecule has 0 amide bonds. The molecular formula is C13H10BrF3N2. The molecule has 100 valence electrons. The molecule has 0 unspecified atom stereocenters. The van der Waals surface area contributed by atoms with E-state index in [0.29, 0.717) is 5.69 Å². The number of hydrogen-bond donors (Lipinski definition) is 2. The van der Waals surface area contributed by atoms with Gasteiger partial charge in [-0.2, -0.15) is 13.2 Å². The first-order valence-electron chi connectivity index (χ1n) is 5.36. The third-order valence-corrected chi connectivity index (χ3v) is 3.21. The molecule has 0 aliphatic rings. The molecule has 2 nitrogen and oxygen atoms in total. The molecule has 0 saturated carbocycles. The van der Waals surface area contributed by atoms with Crippen molar-refractivity contribution in [2.75, 3.05) is 11.1 Å². The molecule has 3 N–H and O–H groups in total. The Morgan fingerprint density at radius 2 is 1.68 bits per heavy atom. The van der Waals surface area contributed by atoms with Gasteiger partial charge in [0.25, 0.3) is 0 Å². The van der Waals surface area contributed by atoms with Crippen molar-refractivity contribution in [1.82, 2.24) is 0 Å². The molecule has 0 spiro atoms. The van der Waals surface area contributed by atoms with Crippen LogP contribution in [0.4, 0.5) is 30.2 Å². The van der Waals surface area contributed by atoms with Gasteiger partial charge in [0.15, 0.2) is 0 Å². The van der Waals surface area contributed by atoms with Gasteiger partial charge in [0, 0.05) is 4.47 Å². The lowest BCUT2D eigenvalue weighted by Gasteiger charge is -2.13. The van der Waals surface area contributed by atoms with Crippen molar-refractivity contribution in [2.24, 2.45) is 0 Å².